The fraction of sp³-hybridized carbons (Fsp3) is 0.925. The standard InChI is InChI=1S/C53H84O22/c1-22-30(56)33(59)36(62)44(69-22)72-39-38(64)40(42(65)66)73-46(41(39)74-43-35(61)31(57)25(55)21-68-43)71-29-12-13-50(6)27(49(29,4)5)11-14-52(8)28(50)10-9-23-24-19-48(2,3)15-17-53(24,18-16-51(23,52)7)47(67)75-45-37(63)34(60)32(58)26(20-54)70-45/h9,22,24-41,43-46,54-64H,10-21H2,1-8H3,(H,65,66)/t22-,24-,25-,26+,27+,28-,29-,30-,31+,32-,33+,34+,35-,36-,37+,38+,39-,40-,41+,43+,44-,45+,46+,50+,51-,52+,53+/m0/s1. The molecule has 0 aromatic carbocycles. The van der Waals surface area contributed by atoms with Gasteiger partial charge in [-0.2, -0.15) is 0 Å². The van der Waals surface area contributed by atoms with Crippen molar-refractivity contribution in [1.29, 1.82) is 0 Å². The summed E-state index contributed by atoms with van der Waals surface area (Å²) in [4.78, 5) is 27.6. The quantitative estimate of drug-likeness (QED) is 0.0761. The van der Waals surface area contributed by atoms with Gasteiger partial charge in [-0.05, 0) is 116 Å². The highest BCUT2D eigenvalue weighted by molar-refractivity contribution is 5.79. The number of carboxylic acid groups (broad SMARTS) is 1. The van der Waals surface area contributed by atoms with Gasteiger partial charge in [0.05, 0.1) is 30.8 Å². The molecule has 22 nitrogen and oxygen atoms in total. The molecule has 4 saturated carbocycles. The van der Waals surface area contributed by atoms with Crippen LogP contribution in [0.25, 0.3) is 0 Å². The molecule has 12 N–H and O–H groups in total. The summed E-state index contributed by atoms with van der Waals surface area (Å²) in [7, 11) is 0. The average Bonchev–Trinajstić information content (AvgIpc) is 3.34. The number of aliphatic hydroxyl groups is 11. The van der Waals surface area contributed by atoms with Gasteiger partial charge in [-0.3, -0.25) is 4.79 Å². The molecule has 0 radical (unpaired) electrons. The molecule has 5 aliphatic carbocycles. The molecule has 0 unspecified atom stereocenters. The number of hydrogen-bond donors (Lipinski definition) is 12. The van der Waals surface area contributed by atoms with Gasteiger partial charge in [-0.25, -0.2) is 4.79 Å². The first-order chi connectivity index (χ1) is 35.0. The zero-order chi connectivity index (χ0) is 54.9. The van der Waals surface area contributed by atoms with Crippen molar-refractivity contribution in [3.63, 3.8) is 0 Å². The normalized spacial score (nSPS) is 53.5. The zero-order valence-corrected chi connectivity index (χ0v) is 44.3. The SMILES string of the molecule is C[C@@H]1O[C@@H](O[C@H]2[C@@H](O)[C@@H](C(=O)O)O[C@@H](O[C@H]3CC[C@]4(C)[C@H](CC[C@]5(C)[C@H]4CC=C4[C@@H]6CC(C)(C)CC[C@@]6(C(=O)O[C@H]6O[C@H](CO)[C@H](O)[C@@H](O)[C@H]6O)CC[C@@]45C)C3(C)C)[C@@H]2O[C@H]2OC[C@H](O)[C@@H](O)[C@@H]2O)[C@@H](O)[C@H](O)[C@H]1O. The summed E-state index contributed by atoms with van der Waals surface area (Å²) in [5.74, 6) is -2.12. The van der Waals surface area contributed by atoms with Crippen molar-refractivity contribution in [1.82, 2.24) is 0 Å². The van der Waals surface area contributed by atoms with Gasteiger partial charge in [0.2, 0.25) is 6.29 Å². The van der Waals surface area contributed by atoms with Crippen molar-refractivity contribution in [2.24, 2.45) is 50.2 Å². The van der Waals surface area contributed by atoms with Crippen molar-refractivity contribution in [2.75, 3.05) is 13.2 Å². The van der Waals surface area contributed by atoms with Crippen LogP contribution in [-0.2, 0) is 47.5 Å². The number of rotatable bonds is 10. The van der Waals surface area contributed by atoms with Crippen LogP contribution in [0, 0.1) is 50.2 Å². The topological polar surface area (TPSA) is 351 Å². The highest BCUT2D eigenvalue weighted by Crippen LogP contribution is 2.76. The molecule has 0 amide bonds. The molecule has 0 aromatic heterocycles. The van der Waals surface area contributed by atoms with Gasteiger partial charge >= 0.3 is 11.9 Å². The van der Waals surface area contributed by atoms with Crippen LogP contribution in [-0.4, -0.2) is 209 Å². The van der Waals surface area contributed by atoms with Crippen LogP contribution in [0.3, 0.4) is 0 Å². The monoisotopic (exact) mass is 1070 g/mol. The Bertz CT molecular complexity index is 2120. The van der Waals surface area contributed by atoms with E-state index in [-0.39, 0.29) is 39.4 Å². The van der Waals surface area contributed by atoms with Gasteiger partial charge in [0.25, 0.3) is 0 Å². The summed E-state index contributed by atoms with van der Waals surface area (Å²) >= 11 is 0. The third kappa shape index (κ3) is 9.36. The molecule has 75 heavy (non-hydrogen) atoms. The van der Waals surface area contributed by atoms with Crippen molar-refractivity contribution < 1.29 is 109 Å². The molecule has 0 spiro atoms. The first kappa shape index (κ1) is 57.6. The summed E-state index contributed by atoms with van der Waals surface area (Å²) in [6.07, 6.45) is -23.3. The van der Waals surface area contributed by atoms with Gasteiger partial charge in [-0.1, -0.05) is 60.1 Å². The Balaban J connectivity index is 0.994. The summed E-state index contributed by atoms with van der Waals surface area (Å²) in [5.41, 5.74) is -1.31. The largest absolute Gasteiger partial charge is 0.479 e. The number of carbonyl (C=O) groups is 2. The Morgan fingerprint density at radius 1 is 0.640 bits per heavy atom. The van der Waals surface area contributed by atoms with E-state index in [2.05, 4.69) is 54.5 Å². The number of fused-ring (bicyclic) bond motifs is 7. The highest BCUT2D eigenvalue weighted by Gasteiger charge is 2.70. The highest BCUT2D eigenvalue weighted by atomic mass is 16.8. The van der Waals surface area contributed by atoms with E-state index in [4.69, 9.17) is 37.9 Å². The number of esters is 1. The minimum atomic E-state index is -2.04. The molecule has 428 valence electrons. The Kier molecular flexibility index (Phi) is 15.8. The number of aliphatic hydroxyl groups excluding tert-OH is 11. The van der Waals surface area contributed by atoms with Crippen LogP contribution in [0.15, 0.2) is 11.6 Å². The lowest BCUT2D eigenvalue weighted by molar-refractivity contribution is -0.390. The fourth-order valence-electron chi connectivity index (χ4n) is 16.2. The third-order valence-corrected chi connectivity index (χ3v) is 21.0. The first-order valence-corrected chi connectivity index (χ1v) is 27.1. The summed E-state index contributed by atoms with van der Waals surface area (Å²) < 4.78 is 48.3. The predicted molar refractivity (Wildman–Crippen MR) is 256 cm³/mol. The smallest absolute Gasteiger partial charge is 0.335 e. The van der Waals surface area contributed by atoms with Crippen LogP contribution < -0.4 is 0 Å². The molecule has 8 fully saturated rings. The molecule has 4 saturated heterocycles. The van der Waals surface area contributed by atoms with E-state index in [1.807, 2.05) is 0 Å². The molecule has 9 rings (SSSR count). The van der Waals surface area contributed by atoms with Gasteiger partial charge in [-0.15, -0.1) is 0 Å². The van der Waals surface area contributed by atoms with Crippen molar-refractivity contribution >= 4 is 11.9 Å². The van der Waals surface area contributed by atoms with E-state index in [1.165, 1.54) is 12.5 Å². The van der Waals surface area contributed by atoms with E-state index in [0.717, 1.165) is 32.1 Å². The Morgan fingerprint density at radius 3 is 1.96 bits per heavy atom. The van der Waals surface area contributed by atoms with Gasteiger partial charge < -0.3 is 99.2 Å². The molecule has 4 aliphatic heterocycles. The maximum absolute atomic E-state index is 14.8. The Labute approximate surface area is 437 Å². The summed E-state index contributed by atoms with van der Waals surface area (Å²) in [5, 5.41) is 128. The van der Waals surface area contributed by atoms with E-state index in [9.17, 15) is 70.9 Å². The Hall–Kier alpha value is -2.04. The third-order valence-electron chi connectivity index (χ3n) is 21.0. The number of allylic oxidation sites excluding steroid dienone is 2. The van der Waals surface area contributed by atoms with Crippen LogP contribution in [0.2, 0.25) is 0 Å². The van der Waals surface area contributed by atoms with Crippen LogP contribution in [0.5, 0.6) is 0 Å². The number of carbonyl (C=O) groups excluding carboxylic acids is 1. The molecule has 0 aromatic rings. The average molecular weight is 1070 g/mol. The molecular formula is C53H84O22. The second-order valence-corrected chi connectivity index (χ2v) is 25.8. The van der Waals surface area contributed by atoms with Crippen molar-refractivity contribution in [2.45, 2.75) is 242 Å². The van der Waals surface area contributed by atoms with E-state index >= 15 is 0 Å². The van der Waals surface area contributed by atoms with Crippen LogP contribution >= 0.6 is 0 Å². The van der Waals surface area contributed by atoms with E-state index < -0.39 is 159 Å². The number of carboxylic acids is 1. The number of ether oxygens (including phenoxy) is 8. The molecule has 4 heterocycles. The lowest BCUT2D eigenvalue weighted by Crippen LogP contribution is -2.68. The van der Waals surface area contributed by atoms with Gasteiger partial charge in [0.1, 0.15) is 79.4 Å². The molecule has 0 bridgehead atoms. The van der Waals surface area contributed by atoms with Gasteiger partial charge in [0.15, 0.2) is 25.0 Å². The number of aliphatic carboxylic acids is 1. The molecular weight excluding hydrogens is 989 g/mol. The second kappa shape index (κ2) is 20.5. The zero-order valence-electron chi connectivity index (χ0n) is 44.3. The van der Waals surface area contributed by atoms with E-state index in [0.29, 0.717) is 32.1 Å². The lowest BCUT2D eigenvalue weighted by atomic mass is 9.33. The first-order valence-electron chi connectivity index (χ1n) is 27.1. The minimum Gasteiger partial charge on any atom is -0.479 e. The maximum Gasteiger partial charge on any atom is 0.335 e. The molecule has 9 aliphatic rings. The Morgan fingerprint density at radius 2 is 1.28 bits per heavy atom. The minimum absolute atomic E-state index is 0.0291. The van der Waals surface area contributed by atoms with Gasteiger partial charge in [0, 0.05) is 0 Å². The second-order valence-electron chi connectivity index (χ2n) is 25.8. The van der Waals surface area contributed by atoms with Crippen LogP contribution in [0.1, 0.15) is 120 Å². The van der Waals surface area contributed by atoms with E-state index in [1.54, 1.807) is 0 Å². The van der Waals surface area contributed by atoms with Crippen molar-refractivity contribution in [3.8, 4) is 0 Å². The summed E-state index contributed by atoms with van der Waals surface area (Å²) in [6.45, 7) is 16.0. The molecule has 27 atom stereocenters. The van der Waals surface area contributed by atoms with Crippen molar-refractivity contribution in [3.05, 3.63) is 11.6 Å². The molecule has 22 heteroatoms. The summed E-state index contributed by atoms with van der Waals surface area (Å²) in [6, 6.07) is 0. The maximum atomic E-state index is 14.8. The van der Waals surface area contributed by atoms with Crippen LogP contribution in [0.4, 0.5) is 0 Å². The number of hydrogen-bond acceptors (Lipinski definition) is 21. The fourth-order valence-corrected chi connectivity index (χ4v) is 16.2. The lowest BCUT2D eigenvalue weighted by Gasteiger charge is -2.71. The predicted octanol–water partition coefficient (Wildman–Crippen LogP) is -0.276.